The number of nitrogens with zero attached hydrogens (tertiary/aromatic N) is 6. The Kier molecular flexibility index (Phi) is 16.6. The van der Waals surface area contributed by atoms with Crippen LogP contribution in [0.5, 0.6) is 0 Å². The van der Waals surface area contributed by atoms with Crippen LogP contribution in [0, 0.1) is 5.92 Å². The fourth-order valence-electron chi connectivity index (χ4n) is 8.04. The van der Waals surface area contributed by atoms with Crippen molar-refractivity contribution in [2.24, 2.45) is 11.7 Å². The molecule has 3 heterocycles. The number of piperidine rings is 2. The first kappa shape index (κ1) is 48.3. The smallest absolute Gasteiger partial charge is 0.283 e. The predicted octanol–water partition coefficient (Wildman–Crippen LogP) is -5.44. The summed E-state index contributed by atoms with van der Waals surface area (Å²) in [6.07, 6.45) is 3.82. The number of fused-ring (bicyclic) bond motifs is 2. The summed E-state index contributed by atoms with van der Waals surface area (Å²) in [5, 5.41) is 10.5. The van der Waals surface area contributed by atoms with Gasteiger partial charge < -0.3 is 62.1 Å². The maximum atomic E-state index is 13.6. The molecule has 1 spiro atoms. The summed E-state index contributed by atoms with van der Waals surface area (Å²) in [5.41, 5.74) is 8.97. The van der Waals surface area contributed by atoms with E-state index in [1.165, 1.54) is 47.8 Å². The molecular weight excluding hydrogens is 797 g/mol. The molecule has 4 fully saturated rings. The van der Waals surface area contributed by atoms with Crippen LogP contribution in [-0.2, 0) is 47.9 Å². The number of likely N-dealkylation sites (N-methyl/N-ethyl adjacent to an activating group) is 4. The van der Waals surface area contributed by atoms with E-state index in [2.05, 4.69) is 27.0 Å². The summed E-state index contributed by atoms with van der Waals surface area (Å²) in [6, 6.07) is -5.06. The van der Waals surface area contributed by atoms with Gasteiger partial charge in [0.25, 0.3) is 5.91 Å². The van der Waals surface area contributed by atoms with Crippen molar-refractivity contribution in [1.82, 2.24) is 50.7 Å². The quantitative estimate of drug-likeness (QED) is 0.145. The highest BCUT2D eigenvalue weighted by molar-refractivity contribution is 5.97. The van der Waals surface area contributed by atoms with Crippen molar-refractivity contribution in [3.8, 4) is 0 Å². The van der Waals surface area contributed by atoms with Crippen LogP contribution in [-0.4, -0.2) is 205 Å². The van der Waals surface area contributed by atoms with Gasteiger partial charge >= 0.3 is 0 Å². The molecular formula is C39H65N12O10+. The molecule has 0 aromatic heterocycles. The number of nitrogens with two attached hydrogens (primary N) is 1. The second-order valence-electron chi connectivity index (χ2n) is 17.0. The Balaban J connectivity index is 1.53. The Hall–Kier alpha value is -5.38. The van der Waals surface area contributed by atoms with Crippen molar-refractivity contribution in [3.05, 3.63) is 0 Å². The Morgan fingerprint density at radius 3 is 1.61 bits per heavy atom. The molecule has 0 radical (unpaired) electrons. The number of carbonyl (C=O) groups excluding carboxylic acids is 10. The summed E-state index contributed by atoms with van der Waals surface area (Å²) in [7, 11) is 5.64. The van der Waals surface area contributed by atoms with E-state index in [4.69, 9.17) is 5.73 Å². The van der Waals surface area contributed by atoms with Crippen molar-refractivity contribution < 1.29 is 53.7 Å². The lowest BCUT2D eigenvalue weighted by Crippen LogP contribution is -2.73. The summed E-state index contributed by atoms with van der Waals surface area (Å²) in [5.74, 6) is -5.96. The van der Waals surface area contributed by atoms with Crippen LogP contribution >= 0.6 is 0 Å². The Labute approximate surface area is 356 Å². The van der Waals surface area contributed by atoms with Gasteiger partial charge in [0, 0.05) is 47.8 Å². The van der Waals surface area contributed by atoms with Crippen LogP contribution in [0.2, 0.25) is 0 Å². The van der Waals surface area contributed by atoms with Crippen LogP contribution in [0.3, 0.4) is 0 Å². The maximum Gasteiger partial charge on any atom is 0.283 e. The van der Waals surface area contributed by atoms with Crippen molar-refractivity contribution in [1.29, 1.82) is 0 Å². The van der Waals surface area contributed by atoms with Gasteiger partial charge in [-0.15, -0.1) is 0 Å². The number of quaternary nitrogens is 1. The minimum absolute atomic E-state index is 0.198. The Bertz CT molecular complexity index is 1720. The normalized spacial score (nSPS) is 28.4. The zero-order chi connectivity index (χ0) is 45.3. The molecule has 3 aliphatic heterocycles. The van der Waals surface area contributed by atoms with E-state index in [-0.39, 0.29) is 32.1 Å². The summed E-state index contributed by atoms with van der Waals surface area (Å²) >= 11 is 0. The molecule has 61 heavy (non-hydrogen) atoms. The number of rotatable bonds is 1. The summed E-state index contributed by atoms with van der Waals surface area (Å²) in [4.78, 5) is 141. The third-order valence-corrected chi connectivity index (χ3v) is 12.1. The van der Waals surface area contributed by atoms with E-state index in [1.54, 1.807) is 13.8 Å². The zero-order valence-corrected chi connectivity index (χ0v) is 36.3. The molecule has 10 amide bonds. The SMILES string of the molecule is CC(C)[C@H]1C(=O)NC[C@@H]([NH3+])C(=O)N2CCCC[C@H]2C(=O)NCC(=O)N(C)CC(=O)N(C)C2(CC2)C(=O)NC[C@@H](N)C(=O)N2CCCC[C@H]2C(=O)NCC(=O)N(C)CC(=O)N1C. The third-order valence-electron chi connectivity index (χ3n) is 12.1. The number of hydrogen-bond acceptors (Lipinski definition) is 11. The van der Waals surface area contributed by atoms with Crippen molar-refractivity contribution in [2.75, 3.05) is 80.5 Å². The van der Waals surface area contributed by atoms with Crippen LogP contribution in [0.4, 0.5) is 0 Å². The van der Waals surface area contributed by atoms with E-state index in [0.29, 0.717) is 51.4 Å². The molecule has 0 aromatic carbocycles. The molecule has 3 saturated heterocycles. The molecule has 4 rings (SSSR count). The molecule has 0 bridgehead atoms. The standard InChI is InChI=1S/C39H64N12O10/c1-23(2)32-35(58)42-17-24(40)36(59)50-15-9-7-11-26(50)33(56)44-20-29(53)47(4)22-31(55)49(6)39(13-14-39)38(61)45-18-25(41)37(60)51-16-10-8-12-27(51)34(57)43-19-28(52)46(3)21-30(54)48(32)5/h23-27,32H,7-22,40-41H2,1-6H3,(H,42,58)(H,43,57)(H,44,56)(H,45,61)/p+1/t24-,25-,26+,27+,32+/m1/s1. The predicted molar refractivity (Wildman–Crippen MR) is 217 cm³/mol. The first-order chi connectivity index (χ1) is 28.7. The number of hydrogen-bond donors (Lipinski definition) is 6. The molecule has 1 aliphatic carbocycles. The zero-order valence-electron chi connectivity index (χ0n) is 36.3. The van der Waals surface area contributed by atoms with E-state index in [0.717, 1.165) is 9.80 Å². The Morgan fingerprint density at radius 1 is 0.623 bits per heavy atom. The highest BCUT2D eigenvalue weighted by Gasteiger charge is 2.55. The fraction of sp³-hybridized carbons (Fsp3) is 0.744. The Morgan fingerprint density at radius 2 is 1.11 bits per heavy atom. The third kappa shape index (κ3) is 11.7. The molecule has 1 saturated carbocycles. The van der Waals surface area contributed by atoms with Gasteiger partial charge in [0.15, 0.2) is 6.04 Å². The molecule has 4 aliphatic rings. The highest BCUT2D eigenvalue weighted by Crippen LogP contribution is 2.41. The van der Waals surface area contributed by atoms with E-state index in [1.807, 2.05) is 0 Å². The van der Waals surface area contributed by atoms with E-state index < -0.39 is 121 Å². The second-order valence-corrected chi connectivity index (χ2v) is 17.0. The van der Waals surface area contributed by atoms with Crippen molar-refractivity contribution in [2.45, 2.75) is 101 Å². The van der Waals surface area contributed by atoms with Crippen LogP contribution in [0.15, 0.2) is 0 Å². The van der Waals surface area contributed by atoms with Gasteiger partial charge in [0.2, 0.25) is 53.2 Å². The number of nitrogens with one attached hydrogen (secondary N) is 4. The first-order valence-corrected chi connectivity index (χ1v) is 21.0. The number of carbonyl (C=O) groups is 10. The van der Waals surface area contributed by atoms with Gasteiger partial charge in [-0.05, 0) is 57.3 Å². The van der Waals surface area contributed by atoms with Gasteiger partial charge in [-0.2, -0.15) is 0 Å². The van der Waals surface area contributed by atoms with Gasteiger partial charge in [-0.25, -0.2) is 0 Å². The molecule has 22 nitrogen and oxygen atoms in total. The maximum absolute atomic E-state index is 13.6. The fourth-order valence-corrected chi connectivity index (χ4v) is 8.04. The molecule has 0 aromatic rings. The molecule has 22 heteroatoms. The lowest BCUT2D eigenvalue weighted by atomic mass is 9.99. The van der Waals surface area contributed by atoms with Gasteiger partial charge in [-0.3, -0.25) is 47.9 Å². The van der Waals surface area contributed by atoms with Crippen LogP contribution < -0.4 is 32.7 Å². The summed E-state index contributed by atoms with van der Waals surface area (Å²) < 4.78 is 0. The lowest BCUT2D eigenvalue weighted by Gasteiger charge is -2.36. The molecule has 340 valence electrons. The summed E-state index contributed by atoms with van der Waals surface area (Å²) in [6.45, 7) is 1.72. The molecule has 5 atom stereocenters. The van der Waals surface area contributed by atoms with Gasteiger partial charge in [0.05, 0.1) is 32.7 Å². The van der Waals surface area contributed by atoms with Gasteiger partial charge in [0.1, 0.15) is 29.7 Å². The van der Waals surface area contributed by atoms with Crippen LogP contribution in [0.1, 0.15) is 65.2 Å². The molecule has 0 unspecified atom stereocenters. The molecule has 9 N–H and O–H groups in total. The van der Waals surface area contributed by atoms with Gasteiger partial charge in [-0.1, -0.05) is 13.8 Å². The largest absolute Gasteiger partial charge is 0.352 e. The lowest BCUT2D eigenvalue weighted by molar-refractivity contribution is -0.403. The topological polar surface area (TPSA) is 292 Å². The highest BCUT2D eigenvalue weighted by atomic mass is 16.2. The minimum atomic E-state index is -1.23. The van der Waals surface area contributed by atoms with Crippen LogP contribution in [0.25, 0.3) is 0 Å². The van der Waals surface area contributed by atoms with E-state index >= 15 is 0 Å². The van der Waals surface area contributed by atoms with E-state index in [9.17, 15) is 47.9 Å². The minimum Gasteiger partial charge on any atom is -0.352 e. The average Bonchev–Trinajstić information content (AvgIpc) is 4.06. The second kappa shape index (κ2) is 20.9. The van der Waals surface area contributed by atoms with Crippen molar-refractivity contribution in [3.63, 3.8) is 0 Å². The van der Waals surface area contributed by atoms with Crippen molar-refractivity contribution >= 4 is 59.1 Å². The average molecular weight is 862 g/mol. The first-order valence-electron chi connectivity index (χ1n) is 21.0. The monoisotopic (exact) mass is 861 g/mol. The number of amides is 10.